The number of allylic oxidation sites excluding steroid dienone is 1. The van der Waals surface area contributed by atoms with Gasteiger partial charge in [-0.2, -0.15) is 0 Å². The van der Waals surface area contributed by atoms with Gasteiger partial charge >= 0.3 is 5.97 Å². The number of nitrogens with zero attached hydrogens (tertiary/aromatic N) is 1. The van der Waals surface area contributed by atoms with Crippen molar-refractivity contribution in [3.05, 3.63) is 117 Å². The van der Waals surface area contributed by atoms with Crippen LogP contribution in [0.1, 0.15) is 43.0 Å². The maximum atomic E-state index is 12.8. The summed E-state index contributed by atoms with van der Waals surface area (Å²) in [4.78, 5) is 49.9. The average Bonchev–Trinajstić information content (AvgIpc) is 3.11. The van der Waals surface area contributed by atoms with E-state index < -0.39 is 11.9 Å². The molecule has 0 bridgehead atoms. The number of imide groups is 1. The van der Waals surface area contributed by atoms with Crippen LogP contribution < -0.4 is 0 Å². The number of aromatic carboxylic acids is 1. The van der Waals surface area contributed by atoms with Gasteiger partial charge < -0.3 is 5.11 Å². The van der Waals surface area contributed by atoms with E-state index in [1.54, 1.807) is 36.4 Å². The van der Waals surface area contributed by atoms with Crippen LogP contribution >= 0.6 is 11.8 Å². The Balaban J connectivity index is 1.41. The summed E-state index contributed by atoms with van der Waals surface area (Å²) in [5.74, 6) is -1.51. The van der Waals surface area contributed by atoms with Crippen molar-refractivity contribution in [2.75, 3.05) is 0 Å². The number of benzene rings is 3. The van der Waals surface area contributed by atoms with Crippen LogP contribution in [-0.4, -0.2) is 32.9 Å². The molecule has 1 saturated heterocycles. The summed E-state index contributed by atoms with van der Waals surface area (Å²) in [7, 11) is 0. The van der Waals surface area contributed by atoms with Gasteiger partial charge in [-0.05, 0) is 59.7 Å². The number of amides is 2. The van der Waals surface area contributed by atoms with Crippen LogP contribution in [-0.2, 0) is 11.3 Å². The fourth-order valence-electron chi connectivity index (χ4n) is 3.41. The van der Waals surface area contributed by atoms with Crippen molar-refractivity contribution in [3.8, 4) is 0 Å². The molecule has 0 spiro atoms. The van der Waals surface area contributed by atoms with Gasteiger partial charge in [-0.15, -0.1) is 0 Å². The minimum atomic E-state index is -1.04. The lowest BCUT2D eigenvalue weighted by atomic mass is 10.1. The Kier molecular flexibility index (Phi) is 7.08. The summed E-state index contributed by atoms with van der Waals surface area (Å²) in [5, 5.41) is 8.62. The third kappa shape index (κ3) is 5.83. The highest BCUT2D eigenvalue weighted by molar-refractivity contribution is 8.18. The second-order valence-electron chi connectivity index (χ2n) is 8.00. The maximum Gasteiger partial charge on any atom is 0.335 e. The molecule has 1 heterocycles. The Morgan fingerprint density at radius 1 is 0.857 bits per heavy atom. The molecule has 174 valence electrons. The molecule has 0 atom stereocenters. The second-order valence-corrected chi connectivity index (χ2v) is 8.99. The van der Waals surface area contributed by atoms with Crippen molar-refractivity contribution in [2.45, 2.75) is 13.5 Å². The number of thioether (sulfide) groups is 1. The van der Waals surface area contributed by atoms with E-state index in [4.69, 9.17) is 5.11 Å². The van der Waals surface area contributed by atoms with Crippen LogP contribution in [0.3, 0.4) is 0 Å². The average molecular weight is 484 g/mol. The number of hydrogen-bond donors (Lipinski definition) is 1. The third-order valence-corrected chi connectivity index (χ3v) is 6.32. The Morgan fingerprint density at radius 2 is 1.46 bits per heavy atom. The van der Waals surface area contributed by atoms with Gasteiger partial charge in [0.2, 0.25) is 0 Å². The van der Waals surface area contributed by atoms with E-state index in [-0.39, 0.29) is 23.1 Å². The normalized spacial score (nSPS) is 14.8. The number of carbonyl (C=O) groups excluding carboxylic acids is 3. The van der Waals surface area contributed by atoms with Gasteiger partial charge in [0.05, 0.1) is 17.0 Å². The van der Waals surface area contributed by atoms with Gasteiger partial charge in [0.25, 0.3) is 11.1 Å². The van der Waals surface area contributed by atoms with E-state index in [1.165, 1.54) is 18.2 Å². The molecule has 35 heavy (non-hydrogen) atoms. The zero-order valence-electron chi connectivity index (χ0n) is 18.8. The van der Waals surface area contributed by atoms with Gasteiger partial charge in [0.1, 0.15) is 0 Å². The predicted octanol–water partition coefficient (Wildman–Crippen LogP) is 5.83. The van der Waals surface area contributed by atoms with Gasteiger partial charge in [-0.1, -0.05) is 72.3 Å². The number of ketones is 1. The predicted molar refractivity (Wildman–Crippen MR) is 136 cm³/mol. The minimum absolute atomic E-state index is 0.0701. The Hall–Kier alpha value is -4.23. The summed E-state index contributed by atoms with van der Waals surface area (Å²) in [6.45, 7) is 2.04. The first kappa shape index (κ1) is 23.9. The van der Waals surface area contributed by atoms with Gasteiger partial charge in [0, 0.05) is 5.56 Å². The van der Waals surface area contributed by atoms with E-state index in [2.05, 4.69) is 0 Å². The fraction of sp³-hybridized carbons (Fsp3) is 0.0714. The lowest BCUT2D eigenvalue weighted by molar-refractivity contribution is -0.123. The molecular weight excluding hydrogens is 462 g/mol. The fourth-order valence-corrected chi connectivity index (χ4v) is 4.25. The molecule has 6 nitrogen and oxygen atoms in total. The van der Waals surface area contributed by atoms with E-state index in [0.29, 0.717) is 16.0 Å². The first-order valence-corrected chi connectivity index (χ1v) is 11.6. The number of carbonyl (C=O) groups is 4. The Morgan fingerprint density at radius 3 is 2.09 bits per heavy atom. The smallest absolute Gasteiger partial charge is 0.335 e. The molecule has 2 amide bonds. The lowest BCUT2D eigenvalue weighted by Gasteiger charge is -2.12. The molecule has 4 rings (SSSR count). The zero-order valence-corrected chi connectivity index (χ0v) is 19.6. The summed E-state index contributed by atoms with van der Waals surface area (Å²) in [6, 6.07) is 20.7. The van der Waals surface area contributed by atoms with Gasteiger partial charge in [0.15, 0.2) is 5.78 Å². The second kappa shape index (κ2) is 10.4. The Labute approximate surface area is 206 Å². The number of rotatable bonds is 7. The molecule has 7 heteroatoms. The summed E-state index contributed by atoms with van der Waals surface area (Å²) in [5.41, 5.74) is 4.10. The van der Waals surface area contributed by atoms with Crippen LogP contribution in [0.15, 0.2) is 83.8 Å². The molecule has 1 aliphatic rings. The molecular formula is C28H21NO5S. The van der Waals surface area contributed by atoms with Crippen molar-refractivity contribution in [3.63, 3.8) is 0 Å². The van der Waals surface area contributed by atoms with E-state index in [0.717, 1.165) is 33.4 Å². The third-order valence-electron chi connectivity index (χ3n) is 5.41. The minimum Gasteiger partial charge on any atom is -0.478 e. The van der Waals surface area contributed by atoms with Crippen molar-refractivity contribution in [1.82, 2.24) is 4.90 Å². The molecule has 0 radical (unpaired) electrons. The van der Waals surface area contributed by atoms with Crippen LogP contribution in [0.4, 0.5) is 4.79 Å². The van der Waals surface area contributed by atoms with Crippen LogP contribution in [0, 0.1) is 6.92 Å². The largest absolute Gasteiger partial charge is 0.478 e. The van der Waals surface area contributed by atoms with E-state index in [9.17, 15) is 19.2 Å². The van der Waals surface area contributed by atoms with Crippen LogP contribution in [0.2, 0.25) is 0 Å². The maximum absolute atomic E-state index is 12.8. The van der Waals surface area contributed by atoms with Gasteiger partial charge in [-0.3, -0.25) is 19.3 Å². The first-order valence-electron chi connectivity index (χ1n) is 10.8. The molecule has 0 saturated carbocycles. The number of carboxylic acid groups (broad SMARTS) is 1. The standard InChI is InChI=1S/C28H21NO5S/c1-18-2-11-22(12-3-18)24(30)15-10-19-4-6-20(7-5-19)16-25-26(31)29(28(34)35-25)17-21-8-13-23(14-9-21)27(32)33/h2-16H,17H2,1H3,(H,32,33)/b15-10+,25-16-. The van der Waals surface area contributed by atoms with E-state index in [1.807, 2.05) is 43.3 Å². The first-order chi connectivity index (χ1) is 16.8. The molecule has 0 aliphatic carbocycles. The number of carboxylic acids is 1. The highest BCUT2D eigenvalue weighted by Crippen LogP contribution is 2.33. The van der Waals surface area contributed by atoms with Gasteiger partial charge in [-0.25, -0.2) is 4.79 Å². The molecule has 0 unspecified atom stereocenters. The zero-order chi connectivity index (χ0) is 24.9. The molecule has 3 aromatic carbocycles. The molecule has 3 aromatic rings. The lowest BCUT2D eigenvalue weighted by Crippen LogP contribution is -2.27. The SMILES string of the molecule is Cc1ccc(C(=O)/C=C/c2ccc(/C=C3\SC(=O)N(Cc4ccc(C(=O)O)cc4)C3=O)cc2)cc1. The molecule has 1 N–H and O–H groups in total. The topological polar surface area (TPSA) is 91.8 Å². The monoisotopic (exact) mass is 483 g/mol. The van der Waals surface area contributed by atoms with Crippen molar-refractivity contribution in [1.29, 1.82) is 0 Å². The molecule has 0 aromatic heterocycles. The molecule has 1 fully saturated rings. The summed E-state index contributed by atoms with van der Waals surface area (Å²) < 4.78 is 0. The molecule has 1 aliphatic heterocycles. The summed E-state index contributed by atoms with van der Waals surface area (Å²) in [6.07, 6.45) is 4.91. The highest BCUT2D eigenvalue weighted by atomic mass is 32.2. The van der Waals surface area contributed by atoms with Crippen LogP contribution in [0.5, 0.6) is 0 Å². The van der Waals surface area contributed by atoms with Crippen LogP contribution in [0.25, 0.3) is 12.2 Å². The Bertz CT molecular complexity index is 1350. The quantitative estimate of drug-likeness (QED) is 0.336. The highest BCUT2D eigenvalue weighted by Gasteiger charge is 2.34. The van der Waals surface area contributed by atoms with Crippen molar-refractivity contribution < 1.29 is 24.3 Å². The number of hydrogen-bond acceptors (Lipinski definition) is 5. The number of aryl methyl sites for hydroxylation is 1. The van der Waals surface area contributed by atoms with Crippen molar-refractivity contribution in [2.24, 2.45) is 0 Å². The van der Waals surface area contributed by atoms with Crippen molar-refractivity contribution >= 4 is 46.8 Å². The van der Waals surface area contributed by atoms with E-state index >= 15 is 0 Å². The summed E-state index contributed by atoms with van der Waals surface area (Å²) >= 11 is 0.867.